The van der Waals surface area contributed by atoms with E-state index in [0.29, 0.717) is 24.1 Å². The van der Waals surface area contributed by atoms with Gasteiger partial charge in [0.15, 0.2) is 0 Å². The van der Waals surface area contributed by atoms with Crippen LogP contribution in [-0.2, 0) is 13.0 Å². The van der Waals surface area contributed by atoms with Gasteiger partial charge in [0.25, 0.3) is 5.91 Å². The summed E-state index contributed by atoms with van der Waals surface area (Å²) in [7, 11) is 0. The molecule has 0 bridgehead atoms. The summed E-state index contributed by atoms with van der Waals surface area (Å²) >= 11 is 0. The Morgan fingerprint density at radius 1 is 0.949 bits per heavy atom. The molecule has 5 rings (SSSR count). The topological polar surface area (TPSA) is 73.8 Å². The number of carbonyl (C=O) groups excluding carboxylic acids is 1. The van der Waals surface area contributed by atoms with Crippen LogP contribution in [0, 0.1) is 11.7 Å². The second kappa shape index (κ2) is 13.2. The molecule has 3 aromatic carbocycles. The van der Waals surface area contributed by atoms with Gasteiger partial charge in [0.2, 0.25) is 0 Å². The Labute approximate surface area is 230 Å². The fraction of sp³-hybridized carbons (Fsp3) is 0.406. The molecule has 0 unspecified atom stereocenters. The number of amides is 1. The van der Waals surface area contributed by atoms with Crippen LogP contribution in [0.5, 0.6) is 5.75 Å². The van der Waals surface area contributed by atoms with Gasteiger partial charge < -0.3 is 15.0 Å². The molecule has 2 fully saturated rings. The Morgan fingerprint density at radius 2 is 1.64 bits per heavy atom. The van der Waals surface area contributed by atoms with Crippen molar-refractivity contribution >= 4 is 5.91 Å². The number of hydrogen-bond donors (Lipinski definition) is 3. The number of halogens is 1. The Morgan fingerprint density at radius 3 is 2.33 bits per heavy atom. The molecule has 0 spiro atoms. The smallest absolute Gasteiger partial charge is 0.274 e. The minimum absolute atomic E-state index is 0.230. The lowest BCUT2D eigenvalue weighted by Crippen LogP contribution is -2.38. The molecule has 3 N–H and O–H groups in total. The number of hydrogen-bond acceptors (Lipinski definition) is 5. The molecule has 1 aliphatic heterocycles. The highest BCUT2D eigenvalue weighted by molar-refractivity contribution is 5.93. The lowest BCUT2D eigenvalue weighted by molar-refractivity contribution is 0.0706. The second-order valence-corrected chi connectivity index (χ2v) is 10.9. The molecule has 1 amide bonds. The largest absolute Gasteiger partial charge is 0.489 e. The van der Waals surface area contributed by atoms with Crippen LogP contribution in [0.2, 0.25) is 0 Å². The minimum Gasteiger partial charge on any atom is -0.489 e. The number of piperidine rings is 1. The highest BCUT2D eigenvalue weighted by Crippen LogP contribution is 2.41. The van der Waals surface area contributed by atoms with Gasteiger partial charge in [-0.2, -0.15) is 0 Å². The summed E-state index contributed by atoms with van der Waals surface area (Å²) in [6, 6.07) is 22.8. The van der Waals surface area contributed by atoms with Crippen molar-refractivity contribution < 1.29 is 19.1 Å². The molecular weight excluding hydrogens is 493 g/mol. The molecule has 1 saturated heterocycles. The molecule has 39 heavy (non-hydrogen) atoms. The maximum atomic E-state index is 13.0. The van der Waals surface area contributed by atoms with Crippen LogP contribution in [-0.4, -0.2) is 48.2 Å². The van der Waals surface area contributed by atoms with Gasteiger partial charge in [-0.15, -0.1) is 0 Å². The summed E-state index contributed by atoms with van der Waals surface area (Å²) in [6.45, 7) is 4.97. The number of aryl methyl sites for hydroxylation is 1. The normalized spacial score (nSPS) is 19.5. The average molecular weight is 532 g/mol. The van der Waals surface area contributed by atoms with Gasteiger partial charge in [-0.25, -0.2) is 9.87 Å². The molecule has 1 aliphatic carbocycles. The van der Waals surface area contributed by atoms with E-state index in [1.54, 1.807) is 29.7 Å². The second-order valence-electron chi connectivity index (χ2n) is 10.9. The van der Waals surface area contributed by atoms with Gasteiger partial charge in [-0.05, 0) is 117 Å². The summed E-state index contributed by atoms with van der Waals surface area (Å²) in [5.74, 6) is 1.46. The Balaban J connectivity index is 0.948. The van der Waals surface area contributed by atoms with Crippen molar-refractivity contribution in [1.29, 1.82) is 0 Å². The third-order valence-corrected chi connectivity index (χ3v) is 8.05. The van der Waals surface area contributed by atoms with E-state index in [0.717, 1.165) is 56.3 Å². The molecular formula is C32H38FN3O3. The predicted molar refractivity (Wildman–Crippen MR) is 150 cm³/mol. The number of benzene rings is 3. The van der Waals surface area contributed by atoms with Gasteiger partial charge >= 0.3 is 0 Å². The molecule has 206 valence electrons. The van der Waals surface area contributed by atoms with Crippen LogP contribution in [0.1, 0.15) is 58.6 Å². The highest BCUT2D eigenvalue weighted by Gasteiger charge is 2.38. The van der Waals surface area contributed by atoms with Crippen molar-refractivity contribution in [2.75, 3.05) is 26.2 Å². The molecule has 1 saturated carbocycles. The van der Waals surface area contributed by atoms with Gasteiger partial charge in [-0.1, -0.05) is 36.4 Å². The van der Waals surface area contributed by atoms with Gasteiger partial charge in [0.05, 0.1) is 0 Å². The molecule has 0 aromatic heterocycles. The zero-order valence-electron chi connectivity index (χ0n) is 22.3. The molecule has 2 atom stereocenters. The fourth-order valence-corrected chi connectivity index (χ4v) is 5.47. The zero-order valence-corrected chi connectivity index (χ0v) is 22.3. The van der Waals surface area contributed by atoms with Gasteiger partial charge in [0.1, 0.15) is 18.2 Å². The van der Waals surface area contributed by atoms with Crippen LogP contribution in [0.25, 0.3) is 0 Å². The van der Waals surface area contributed by atoms with E-state index in [1.165, 1.54) is 42.5 Å². The number of rotatable bonds is 12. The van der Waals surface area contributed by atoms with Crippen LogP contribution in [0.4, 0.5) is 4.39 Å². The Hall–Kier alpha value is -3.26. The summed E-state index contributed by atoms with van der Waals surface area (Å²) < 4.78 is 18.9. The van der Waals surface area contributed by atoms with Crippen LogP contribution in [0.15, 0.2) is 72.8 Å². The van der Waals surface area contributed by atoms with E-state index in [1.807, 2.05) is 24.3 Å². The van der Waals surface area contributed by atoms with Crippen molar-refractivity contribution in [1.82, 2.24) is 15.7 Å². The molecule has 0 radical (unpaired) electrons. The molecule has 2 aliphatic rings. The predicted octanol–water partition coefficient (Wildman–Crippen LogP) is 5.31. The monoisotopic (exact) mass is 531 g/mol. The van der Waals surface area contributed by atoms with E-state index in [-0.39, 0.29) is 5.82 Å². The Kier molecular flexibility index (Phi) is 9.24. The van der Waals surface area contributed by atoms with Crippen LogP contribution >= 0.6 is 0 Å². The zero-order chi connectivity index (χ0) is 27.0. The maximum absolute atomic E-state index is 13.0. The van der Waals surface area contributed by atoms with E-state index in [4.69, 9.17) is 9.94 Å². The van der Waals surface area contributed by atoms with E-state index < -0.39 is 5.91 Å². The number of ether oxygens (including phenoxy) is 1. The quantitative estimate of drug-likeness (QED) is 0.218. The van der Waals surface area contributed by atoms with Crippen LogP contribution < -0.4 is 15.5 Å². The van der Waals surface area contributed by atoms with Crippen molar-refractivity contribution in [3.05, 3.63) is 101 Å². The SMILES string of the molecule is O=C(NO)c1ccc(CCCN2CCC(CN[C@H]3C[C@@H]3c3ccc(OCc4ccc(F)cc4)cc3)CC2)cc1. The minimum atomic E-state index is -0.476. The van der Waals surface area contributed by atoms with E-state index in [9.17, 15) is 9.18 Å². The number of carbonyl (C=O) groups is 1. The third kappa shape index (κ3) is 7.88. The number of likely N-dealkylation sites (tertiary alicyclic amines) is 1. The summed E-state index contributed by atoms with van der Waals surface area (Å²) in [5.41, 5.74) is 5.67. The molecule has 6 nitrogen and oxygen atoms in total. The first-order valence-electron chi connectivity index (χ1n) is 14.0. The van der Waals surface area contributed by atoms with Gasteiger partial charge in [-0.3, -0.25) is 10.0 Å². The Bertz CT molecular complexity index is 1190. The highest BCUT2D eigenvalue weighted by atomic mass is 19.1. The first-order chi connectivity index (χ1) is 19.1. The van der Waals surface area contributed by atoms with Crippen molar-refractivity contribution in [3.8, 4) is 5.75 Å². The lowest BCUT2D eigenvalue weighted by atomic mass is 9.96. The number of nitrogens with one attached hydrogen (secondary N) is 2. The standard InChI is InChI=1S/C32H38FN3O3/c33-28-11-5-25(6-12-28)22-39-29-13-9-26(10-14-29)30-20-31(30)34-21-24-15-18-36(19-16-24)17-1-2-23-3-7-27(8-4-23)32(37)35-38/h3-14,24,30-31,34,38H,1-2,15-22H2,(H,35,37)/t30-,31+/m1/s1. The van der Waals surface area contributed by atoms with E-state index in [2.05, 4.69) is 22.3 Å². The molecule has 7 heteroatoms. The maximum Gasteiger partial charge on any atom is 0.274 e. The number of nitrogens with zero attached hydrogens (tertiary/aromatic N) is 1. The van der Waals surface area contributed by atoms with Crippen molar-refractivity contribution in [2.24, 2.45) is 5.92 Å². The molecule has 3 aromatic rings. The fourth-order valence-electron chi connectivity index (χ4n) is 5.47. The summed E-state index contributed by atoms with van der Waals surface area (Å²) in [5, 5.41) is 12.5. The number of hydroxylamine groups is 1. The van der Waals surface area contributed by atoms with Crippen molar-refractivity contribution in [3.63, 3.8) is 0 Å². The first kappa shape index (κ1) is 27.3. The van der Waals surface area contributed by atoms with Gasteiger partial charge in [0, 0.05) is 17.5 Å². The first-order valence-corrected chi connectivity index (χ1v) is 14.0. The summed E-state index contributed by atoms with van der Waals surface area (Å²) in [6.07, 6.45) is 5.78. The van der Waals surface area contributed by atoms with E-state index >= 15 is 0 Å². The molecule has 1 heterocycles. The average Bonchev–Trinajstić information content (AvgIpc) is 3.76. The van der Waals surface area contributed by atoms with Crippen molar-refractivity contribution in [2.45, 2.75) is 50.7 Å². The van der Waals surface area contributed by atoms with Crippen LogP contribution in [0.3, 0.4) is 0 Å². The third-order valence-electron chi connectivity index (χ3n) is 8.05. The lowest BCUT2D eigenvalue weighted by Gasteiger charge is -2.32. The summed E-state index contributed by atoms with van der Waals surface area (Å²) in [4.78, 5) is 14.0.